The number of amides is 1. The largest absolute Gasteiger partial charge is 0.494 e. The molecular weight excluding hydrogens is 478 g/mol. The van der Waals surface area contributed by atoms with Crippen LogP contribution < -0.4 is 4.74 Å². The molecule has 196 valence electrons. The maximum atomic E-state index is 12.9. The predicted octanol–water partition coefficient (Wildman–Crippen LogP) is 3.85. The molecule has 38 heavy (non-hydrogen) atoms. The van der Waals surface area contributed by atoms with E-state index < -0.39 is 0 Å². The number of benzene rings is 1. The van der Waals surface area contributed by atoms with Crippen molar-refractivity contribution in [2.45, 2.75) is 57.7 Å². The molecule has 7 rings (SSSR count). The minimum Gasteiger partial charge on any atom is -0.494 e. The number of fused-ring (bicyclic) bond motifs is 2. The smallest absolute Gasteiger partial charge is 0.240 e. The fourth-order valence-corrected chi connectivity index (χ4v) is 6.29. The highest BCUT2D eigenvalue weighted by Gasteiger charge is 2.42. The van der Waals surface area contributed by atoms with Gasteiger partial charge in [0.25, 0.3) is 0 Å². The molecule has 9 heteroatoms. The third kappa shape index (κ3) is 3.63. The first-order valence-corrected chi connectivity index (χ1v) is 13.6. The summed E-state index contributed by atoms with van der Waals surface area (Å²) in [5.41, 5.74) is 8.10. The first-order chi connectivity index (χ1) is 18.5. The van der Waals surface area contributed by atoms with Crippen molar-refractivity contribution in [3.8, 4) is 28.3 Å². The quantitative estimate of drug-likeness (QED) is 0.423. The number of rotatable bonds is 6. The molecule has 0 radical (unpaired) electrons. The monoisotopic (exact) mass is 511 g/mol. The van der Waals surface area contributed by atoms with E-state index in [1.54, 1.807) is 7.11 Å². The summed E-state index contributed by atoms with van der Waals surface area (Å²) in [7, 11) is 1.69. The van der Waals surface area contributed by atoms with E-state index >= 15 is 0 Å². The molecule has 0 saturated carbocycles. The van der Waals surface area contributed by atoms with Gasteiger partial charge in [0.05, 0.1) is 30.9 Å². The highest BCUT2D eigenvalue weighted by Crippen LogP contribution is 2.39. The Balaban J connectivity index is 1.14. The van der Waals surface area contributed by atoms with Crippen molar-refractivity contribution < 1.29 is 9.53 Å². The van der Waals surface area contributed by atoms with Crippen molar-refractivity contribution in [3.63, 3.8) is 0 Å². The summed E-state index contributed by atoms with van der Waals surface area (Å²) in [5, 5.41) is 12.4. The van der Waals surface area contributed by atoms with Gasteiger partial charge in [0, 0.05) is 49.1 Å². The van der Waals surface area contributed by atoms with Crippen molar-refractivity contribution in [2.75, 3.05) is 26.7 Å². The van der Waals surface area contributed by atoms with E-state index in [0.29, 0.717) is 19.1 Å². The van der Waals surface area contributed by atoms with E-state index in [1.807, 2.05) is 28.0 Å². The van der Waals surface area contributed by atoms with Crippen LogP contribution in [0.3, 0.4) is 0 Å². The number of aryl methyl sites for hydroxylation is 1. The van der Waals surface area contributed by atoms with E-state index in [-0.39, 0.29) is 18.0 Å². The number of hydrogen-bond donors (Lipinski definition) is 1. The maximum absolute atomic E-state index is 12.9. The second kappa shape index (κ2) is 8.94. The number of hydrogen-bond acceptors (Lipinski definition) is 6. The summed E-state index contributed by atoms with van der Waals surface area (Å²) in [5.74, 6) is 0.996. The van der Waals surface area contributed by atoms with Crippen molar-refractivity contribution in [2.24, 2.45) is 0 Å². The van der Waals surface area contributed by atoms with Crippen LogP contribution in [-0.4, -0.2) is 79.5 Å². The Hall–Kier alpha value is -3.72. The molecule has 1 atom stereocenters. The summed E-state index contributed by atoms with van der Waals surface area (Å²) in [6.45, 7) is 6.72. The van der Waals surface area contributed by atoms with Gasteiger partial charge in [-0.15, -0.1) is 0 Å². The van der Waals surface area contributed by atoms with Gasteiger partial charge in [-0.1, -0.05) is 18.2 Å². The molecule has 2 saturated heterocycles. The molecule has 5 heterocycles. The van der Waals surface area contributed by atoms with Crippen LogP contribution in [0, 0.1) is 0 Å². The standard InChI is InChI=1S/C29H33N7O2/c1-17(2)35-11-10-24(35)29(37)34-15-20(16-34)36-14-19(13-30-36)26-28-23(32-33-26)12-25(38-3)27(31-28)22-9-5-7-18-6-4-8-21(18)22/h5,7,9,12-14,17,20,24H,4,6,8,10-11,15-16H2,1-3H3,(H,32,33)/t24-/m0/s1. The third-order valence-electron chi connectivity index (χ3n) is 8.55. The number of aromatic nitrogens is 5. The first kappa shape index (κ1) is 23.4. The number of carbonyl (C=O) groups excluding carboxylic acids is 1. The summed E-state index contributed by atoms with van der Waals surface area (Å²) in [6, 6.07) is 9.10. The Kier molecular flexibility index (Phi) is 5.51. The van der Waals surface area contributed by atoms with E-state index in [1.165, 1.54) is 17.5 Å². The summed E-state index contributed by atoms with van der Waals surface area (Å²) in [4.78, 5) is 22.3. The molecule has 0 spiro atoms. The molecule has 1 amide bonds. The Morgan fingerprint density at radius 1 is 1.18 bits per heavy atom. The average Bonchev–Trinajstić information content (AvgIpc) is 3.60. The van der Waals surface area contributed by atoms with Gasteiger partial charge < -0.3 is 9.64 Å². The number of nitrogens with one attached hydrogen (secondary N) is 1. The molecule has 3 aromatic heterocycles. The minimum atomic E-state index is 0.0441. The molecule has 2 aliphatic heterocycles. The van der Waals surface area contributed by atoms with Gasteiger partial charge in [0.15, 0.2) is 0 Å². The number of methoxy groups -OCH3 is 1. The first-order valence-electron chi connectivity index (χ1n) is 13.6. The molecule has 0 bridgehead atoms. The summed E-state index contributed by atoms with van der Waals surface area (Å²) < 4.78 is 7.72. The van der Waals surface area contributed by atoms with Crippen LogP contribution >= 0.6 is 0 Å². The topological polar surface area (TPSA) is 92.2 Å². The van der Waals surface area contributed by atoms with Crippen LogP contribution in [0.4, 0.5) is 0 Å². The third-order valence-corrected chi connectivity index (χ3v) is 8.55. The fraction of sp³-hybridized carbons (Fsp3) is 0.448. The van der Waals surface area contributed by atoms with Gasteiger partial charge in [-0.25, -0.2) is 4.98 Å². The predicted molar refractivity (Wildman–Crippen MR) is 145 cm³/mol. The Labute approximate surface area is 221 Å². The number of ether oxygens (including phenoxy) is 1. The Morgan fingerprint density at radius 2 is 2.05 bits per heavy atom. The number of carbonyl (C=O) groups is 1. The zero-order chi connectivity index (χ0) is 26.0. The molecule has 0 unspecified atom stereocenters. The molecule has 4 aromatic rings. The van der Waals surface area contributed by atoms with Crippen molar-refractivity contribution in [3.05, 3.63) is 47.8 Å². The number of nitrogens with zero attached hydrogens (tertiary/aromatic N) is 6. The van der Waals surface area contributed by atoms with Crippen molar-refractivity contribution in [1.29, 1.82) is 0 Å². The van der Waals surface area contributed by atoms with Crippen LogP contribution in [0.15, 0.2) is 36.7 Å². The highest BCUT2D eigenvalue weighted by molar-refractivity contribution is 5.93. The van der Waals surface area contributed by atoms with E-state index in [0.717, 1.165) is 65.1 Å². The van der Waals surface area contributed by atoms with Crippen LogP contribution in [0.5, 0.6) is 5.75 Å². The van der Waals surface area contributed by atoms with E-state index in [4.69, 9.17) is 9.72 Å². The SMILES string of the molecule is COc1cc2[nH]nc(-c3cnn(C4CN(C(=O)[C@@H]5CCN5C(C)C)C4)c3)c2nc1-c1cccc2c1CCC2. The van der Waals surface area contributed by atoms with E-state index in [2.05, 4.69) is 52.2 Å². The average molecular weight is 512 g/mol. The highest BCUT2D eigenvalue weighted by atomic mass is 16.5. The van der Waals surface area contributed by atoms with Gasteiger partial charge in [0.2, 0.25) is 5.91 Å². The van der Waals surface area contributed by atoms with Gasteiger partial charge >= 0.3 is 0 Å². The zero-order valence-corrected chi connectivity index (χ0v) is 22.1. The molecule has 1 aliphatic carbocycles. The molecule has 1 aromatic carbocycles. The van der Waals surface area contributed by atoms with Crippen LogP contribution in [0.25, 0.3) is 33.5 Å². The molecule has 2 fully saturated rings. The second-order valence-electron chi connectivity index (χ2n) is 11.0. The molecule has 9 nitrogen and oxygen atoms in total. The number of aromatic amines is 1. The lowest BCUT2D eigenvalue weighted by Gasteiger charge is -2.48. The van der Waals surface area contributed by atoms with Crippen LogP contribution in [0.2, 0.25) is 0 Å². The second-order valence-corrected chi connectivity index (χ2v) is 11.0. The maximum Gasteiger partial charge on any atom is 0.240 e. The van der Waals surface area contributed by atoms with Gasteiger partial charge in [-0.05, 0) is 50.7 Å². The molecule has 3 aliphatic rings. The van der Waals surface area contributed by atoms with Gasteiger partial charge in [-0.3, -0.25) is 19.5 Å². The Bertz CT molecular complexity index is 1530. The Morgan fingerprint density at radius 3 is 2.82 bits per heavy atom. The van der Waals surface area contributed by atoms with Crippen molar-refractivity contribution >= 4 is 16.9 Å². The van der Waals surface area contributed by atoms with Crippen LogP contribution in [-0.2, 0) is 17.6 Å². The summed E-state index contributed by atoms with van der Waals surface area (Å²) in [6.07, 6.45) is 8.19. The van der Waals surface area contributed by atoms with E-state index in [9.17, 15) is 4.79 Å². The minimum absolute atomic E-state index is 0.0441. The summed E-state index contributed by atoms with van der Waals surface area (Å²) >= 11 is 0. The number of pyridine rings is 1. The molecular formula is C29H33N7O2. The van der Waals surface area contributed by atoms with Crippen molar-refractivity contribution in [1.82, 2.24) is 34.8 Å². The van der Waals surface area contributed by atoms with Gasteiger partial charge in [0.1, 0.15) is 22.7 Å². The van der Waals surface area contributed by atoms with Gasteiger partial charge in [-0.2, -0.15) is 10.2 Å². The number of likely N-dealkylation sites (tertiary alicyclic amines) is 2. The zero-order valence-electron chi connectivity index (χ0n) is 22.1. The molecule has 1 N–H and O–H groups in total. The number of H-pyrrole nitrogens is 1. The van der Waals surface area contributed by atoms with Crippen LogP contribution in [0.1, 0.15) is 43.9 Å². The normalized spacial score (nSPS) is 19.6. The lowest BCUT2D eigenvalue weighted by atomic mass is 9.97. The lowest BCUT2D eigenvalue weighted by Crippen LogP contribution is -2.63. The fourth-order valence-electron chi connectivity index (χ4n) is 6.29. The lowest BCUT2D eigenvalue weighted by molar-refractivity contribution is -0.149.